The Labute approximate surface area is 89.4 Å². The van der Waals surface area contributed by atoms with Gasteiger partial charge >= 0.3 is 0 Å². The number of rotatable bonds is 6. The van der Waals surface area contributed by atoms with Gasteiger partial charge in [-0.15, -0.1) is 23.2 Å². The van der Waals surface area contributed by atoms with Crippen LogP contribution in [-0.4, -0.2) is 18.0 Å². The van der Waals surface area contributed by atoms with Crippen LogP contribution < -0.4 is 0 Å². The van der Waals surface area contributed by atoms with E-state index in [1.807, 2.05) is 12.2 Å². The summed E-state index contributed by atoms with van der Waals surface area (Å²) in [5.74, 6) is 1.01. The summed E-state index contributed by atoms with van der Waals surface area (Å²) in [5, 5.41) is 0. The van der Waals surface area contributed by atoms with Crippen LogP contribution in [0.25, 0.3) is 0 Å². The largest absolute Gasteiger partial charge is 0.298 e. The zero-order valence-corrected chi connectivity index (χ0v) is 9.24. The first kappa shape index (κ1) is 12.7. The molecule has 0 aliphatic heterocycles. The van der Waals surface area contributed by atoms with E-state index in [1.165, 1.54) is 0 Å². The van der Waals surface area contributed by atoms with E-state index in [2.05, 4.69) is 0 Å². The fraction of sp³-hybridized carbons (Fsp3) is 0.500. The third-order valence-corrected chi connectivity index (χ3v) is 2.15. The van der Waals surface area contributed by atoms with E-state index in [4.69, 9.17) is 23.2 Å². The number of alkyl halides is 2. The summed E-state index contributed by atoms with van der Waals surface area (Å²) in [6, 6.07) is 0. The quantitative estimate of drug-likeness (QED) is 0.291. The highest BCUT2D eigenvalue weighted by Gasteiger charge is 1.93. The first-order chi connectivity index (χ1) is 6.24. The van der Waals surface area contributed by atoms with E-state index in [0.717, 1.165) is 30.3 Å². The molecule has 3 heteroatoms. The van der Waals surface area contributed by atoms with E-state index in [1.54, 1.807) is 6.92 Å². The zero-order valence-electron chi connectivity index (χ0n) is 7.72. The van der Waals surface area contributed by atoms with E-state index in [-0.39, 0.29) is 0 Å². The van der Waals surface area contributed by atoms with Crippen LogP contribution in [0, 0.1) is 0 Å². The van der Waals surface area contributed by atoms with Crippen molar-refractivity contribution in [1.29, 1.82) is 0 Å². The fourth-order valence-electron chi connectivity index (χ4n) is 0.866. The molecule has 0 saturated carbocycles. The van der Waals surface area contributed by atoms with Crippen molar-refractivity contribution in [2.24, 2.45) is 0 Å². The molecule has 0 aromatic carbocycles. The van der Waals surface area contributed by atoms with E-state index in [9.17, 15) is 4.79 Å². The number of carbonyl (C=O) groups is 1. The normalized spacial score (nSPS) is 13.2. The average Bonchev–Trinajstić information content (AvgIpc) is 2.16. The average molecular weight is 221 g/mol. The molecule has 0 aromatic heterocycles. The van der Waals surface area contributed by atoms with Gasteiger partial charge in [-0.1, -0.05) is 17.7 Å². The van der Waals surface area contributed by atoms with Gasteiger partial charge in [-0.25, -0.2) is 0 Å². The standard InChI is InChI=1S/C10H14Cl2O/c1-9(8-13)3-2-4-10(7-12)5-6-11/h3,5,8H,2,4,6-7H2,1H3. The lowest BCUT2D eigenvalue weighted by molar-refractivity contribution is -0.104. The lowest BCUT2D eigenvalue weighted by Gasteiger charge is -1.99. The zero-order chi connectivity index (χ0) is 10.1. The number of carbonyl (C=O) groups excluding carboxylic acids is 1. The maximum absolute atomic E-state index is 10.2. The molecule has 0 radical (unpaired) electrons. The monoisotopic (exact) mass is 220 g/mol. The molecule has 0 aliphatic rings. The van der Waals surface area contributed by atoms with Crippen molar-refractivity contribution >= 4 is 29.5 Å². The van der Waals surface area contributed by atoms with Gasteiger partial charge in [0.25, 0.3) is 0 Å². The highest BCUT2D eigenvalue weighted by atomic mass is 35.5. The van der Waals surface area contributed by atoms with Crippen molar-refractivity contribution < 1.29 is 4.79 Å². The van der Waals surface area contributed by atoms with Crippen molar-refractivity contribution in [3.8, 4) is 0 Å². The fourth-order valence-corrected chi connectivity index (χ4v) is 1.33. The van der Waals surface area contributed by atoms with Gasteiger partial charge in [-0.2, -0.15) is 0 Å². The Balaban J connectivity index is 3.86. The summed E-state index contributed by atoms with van der Waals surface area (Å²) < 4.78 is 0. The van der Waals surface area contributed by atoms with Crippen LogP contribution in [0.4, 0.5) is 0 Å². The molecule has 0 heterocycles. The van der Waals surface area contributed by atoms with E-state index >= 15 is 0 Å². The highest BCUT2D eigenvalue weighted by Crippen LogP contribution is 2.09. The summed E-state index contributed by atoms with van der Waals surface area (Å²) >= 11 is 11.2. The van der Waals surface area contributed by atoms with Gasteiger partial charge in [-0.05, 0) is 25.3 Å². The van der Waals surface area contributed by atoms with Gasteiger partial charge in [0.1, 0.15) is 6.29 Å². The van der Waals surface area contributed by atoms with Crippen LogP contribution >= 0.6 is 23.2 Å². The molecule has 0 spiro atoms. The molecule has 0 rings (SSSR count). The Morgan fingerprint density at radius 1 is 1.31 bits per heavy atom. The van der Waals surface area contributed by atoms with Crippen molar-refractivity contribution in [3.63, 3.8) is 0 Å². The Bertz CT molecular complexity index is 207. The van der Waals surface area contributed by atoms with Crippen molar-refractivity contribution in [2.45, 2.75) is 19.8 Å². The third-order valence-electron chi connectivity index (χ3n) is 1.66. The Morgan fingerprint density at radius 2 is 2.00 bits per heavy atom. The Hall–Kier alpha value is -0.270. The number of allylic oxidation sites excluding steroid dienone is 4. The summed E-state index contributed by atoms with van der Waals surface area (Å²) in [5.41, 5.74) is 1.89. The topological polar surface area (TPSA) is 17.1 Å². The predicted molar refractivity (Wildman–Crippen MR) is 58.6 cm³/mol. The molecular formula is C10H14Cl2O. The van der Waals surface area contributed by atoms with Crippen LogP contribution in [0.1, 0.15) is 19.8 Å². The van der Waals surface area contributed by atoms with Gasteiger partial charge in [0.15, 0.2) is 0 Å². The van der Waals surface area contributed by atoms with Crippen LogP contribution in [0.3, 0.4) is 0 Å². The molecule has 0 aliphatic carbocycles. The Kier molecular flexibility index (Phi) is 8.16. The second kappa shape index (κ2) is 8.33. The van der Waals surface area contributed by atoms with Crippen molar-refractivity contribution in [1.82, 2.24) is 0 Å². The molecule has 0 atom stereocenters. The number of halogens is 2. The minimum Gasteiger partial charge on any atom is -0.298 e. The molecule has 0 N–H and O–H groups in total. The maximum Gasteiger partial charge on any atom is 0.145 e. The molecule has 0 aromatic rings. The summed E-state index contributed by atoms with van der Waals surface area (Å²) in [7, 11) is 0. The summed E-state index contributed by atoms with van der Waals surface area (Å²) in [4.78, 5) is 10.2. The SMILES string of the molecule is CC(C=O)=CCCC(=CCCl)CCl. The van der Waals surface area contributed by atoms with Gasteiger partial charge in [0, 0.05) is 11.8 Å². The third kappa shape index (κ3) is 6.85. The number of hydrogen-bond donors (Lipinski definition) is 0. The molecular weight excluding hydrogens is 207 g/mol. The minimum absolute atomic E-state index is 0.498. The molecule has 74 valence electrons. The first-order valence-corrected chi connectivity index (χ1v) is 5.23. The lowest BCUT2D eigenvalue weighted by Crippen LogP contribution is -1.86. The first-order valence-electron chi connectivity index (χ1n) is 4.16. The van der Waals surface area contributed by atoms with E-state index in [0.29, 0.717) is 11.8 Å². The Morgan fingerprint density at radius 3 is 2.46 bits per heavy atom. The lowest BCUT2D eigenvalue weighted by atomic mass is 10.1. The number of aldehydes is 1. The van der Waals surface area contributed by atoms with Gasteiger partial charge in [-0.3, -0.25) is 4.79 Å². The van der Waals surface area contributed by atoms with Crippen LogP contribution in [0.2, 0.25) is 0 Å². The highest BCUT2D eigenvalue weighted by molar-refractivity contribution is 6.20. The molecule has 13 heavy (non-hydrogen) atoms. The molecule has 0 amide bonds. The molecule has 0 bridgehead atoms. The van der Waals surface area contributed by atoms with Gasteiger partial charge < -0.3 is 0 Å². The van der Waals surface area contributed by atoms with E-state index < -0.39 is 0 Å². The summed E-state index contributed by atoms with van der Waals surface area (Å²) in [6.07, 6.45) is 6.40. The molecule has 1 nitrogen and oxygen atoms in total. The van der Waals surface area contributed by atoms with Crippen LogP contribution in [0.5, 0.6) is 0 Å². The van der Waals surface area contributed by atoms with Crippen molar-refractivity contribution in [3.05, 3.63) is 23.3 Å². The van der Waals surface area contributed by atoms with Gasteiger partial charge in [0.2, 0.25) is 0 Å². The smallest absolute Gasteiger partial charge is 0.145 e. The van der Waals surface area contributed by atoms with Crippen molar-refractivity contribution in [2.75, 3.05) is 11.8 Å². The second-order valence-corrected chi connectivity index (χ2v) is 3.33. The second-order valence-electron chi connectivity index (χ2n) is 2.75. The minimum atomic E-state index is 0.498. The maximum atomic E-state index is 10.2. The summed E-state index contributed by atoms with van der Waals surface area (Å²) in [6.45, 7) is 1.79. The van der Waals surface area contributed by atoms with Crippen LogP contribution in [-0.2, 0) is 4.79 Å². The van der Waals surface area contributed by atoms with Gasteiger partial charge in [0.05, 0.1) is 0 Å². The molecule has 0 saturated heterocycles. The molecule has 0 unspecified atom stereocenters. The predicted octanol–water partition coefficient (Wildman–Crippen LogP) is 3.32. The number of hydrogen-bond acceptors (Lipinski definition) is 1. The van der Waals surface area contributed by atoms with Crippen LogP contribution in [0.15, 0.2) is 23.3 Å². The molecule has 0 fully saturated rings.